The Balaban J connectivity index is 1.41. The van der Waals surface area contributed by atoms with E-state index in [0.717, 1.165) is 33.6 Å². The Bertz CT molecular complexity index is 1690. The molecule has 0 saturated heterocycles. The monoisotopic (exact) mass is 643 g/mol. The molecule has 2 aromatic carbocycles. The topological polar surface area (TPSA) is 132 Å². The molecule has 10 nitrogen and oxygen atoms in total. The van der Waals surface area contributed by atoms with E-state index in [1.54, 1.807) is 45.2 Å². The van der Waals surface area contributed by atoms with Crippen LogP contribution in [0.2, 0.25) is 0 Å². The van der Waals surface area contributed by atoms with Gasteiger partial charge < -0.3 is 25.4 Å². The zero-order valence-corrected chi connectivity index (χ0v) is 28.1. The maximum Gasteiger partial charge on any atom is 0.407 e. The summed E-state index contributed by atoms with van der Waals surface area (Å²) in [5.74, 6) is -0.881. The molecule has 0 aliphatic rings. The third-order valence-corrected chi connectivity index (χ3v) is 7.82. The fourth-order valence-electron chi connectivity index (χ4n) is 4.62. The lowest BCUT2D eigenvalue weighted by Gasteiger charge is -2.27. The molecule has 0 aliphatic heterocycles. The first-order valence-electron chi connectivity index (χ1n) is 14.9. The summed E-state index contributed by atoms with van der Waals surface area (Å²) >= 11 is 1.30. The molecule has 0 aliphatic carbocycles. The summed E-state index contributed by atoms with van der Waals surface area (Å²) in [6.45, 7) is 11.5. The predicted octanol–water partition coefficient (Wildman–Crippen LogP) is 6.37. The van der Waals surface area contributed by atoms with Crippen molar-refractivity contribution in [3.63, 3.8) is 0 Å². The second-order valence-corrected chi connectivity index (χ2v) is 13.5. The van der Waals surface area contributed by atoms with Crippen molar-refractivity contribution in [2.24, 2.45) is 0 Å². The Morgan fingerprint density at radius 2 is 1.65 bits per heavy atom. The molecule has 242 valence electrons. The number of pyridine rings is 1. The number of alkyl carbamates (subject to hydrolysis) is 1. The number of carbonyl (C=O) groups excluding carboxylic acids is 3. The van der Waals surface area contributed by atoms with E-state index >= 15 is 0 Å². The zero-order chi connectivity index (χ0) is 33.5. The van der Waals surface area contributed by atoms with Crippen molar-refractivity contribution >= 4 is 34.4 Å². The second-order valence-electron chi connectivity index (χ2n) is 12.6. The van der Waals surface area contributed by atoms with E-state index in [2.05, 4.69) is 25.9 Å². The lowest BCUT2D eigenvalue weighted by molar-refractivity contribution is -0.119. The van der Waals surface area contributed by atoms with Crippen molar-refractivity contribution in [2.75, 3.05) is 25.6 Å². The lowest BCUT2D eigenvalue weighted by atomic mass is 9.84. The van der Waals surface area contributed by atoms with Crippen LogP contribution in [0.5, 0.6) is 0 Å². The molecule has 0 saturated carbocycles. The molecule has 3 amide bonds. The molecule has 0 radical (unpaired) electrons. The van der Waals surface area contributed by atoms with E-state index in [1.165, 1.54) is 18.4 Å². The Morgan fingerprint density at radius 1 is 0.935 bits per heavy atom. The quantitative estimate of drug-likeness (QED) is 0.173. The highest BCUT2D eigenvalue weighted by atomic mass is 32.1. The van der Waals surface area contributed by atoms with Gasteiger partial charge in [-0.3, -0.25) is 14.6 Å². The molecule has 4 rings (SSSR count). The van der Waals surface area contributed by atoms with Gasteiger partial charge in [0.05, 0.1) is 12.3 Å². The Hall–Kier alpha value is -4.61. The summed E-state index contributed by atoms with van der Waals surface area (Å²) < 4.78 is 10.6. The van der Waals surface area contributed by atoms with E-state index in [0.29, 0.717) is 17.2 Å². The van der Waals surface area contributed by atoms with Gasteiger partial charge >= 0.3 is 6.09 Å². The summed E-state index contributed by atoms with van der Waals surface area (Å²) in [5, 5.41) is 10.7. The highest BCUT2D eigenvalue weighted by molar-refractivity contribution is 7.14. The Labute approximate surface area is 274 Å². The smallest absolute Gasteiger partial charge is 0.407 e. The average molecular weight is 644 g/mol. The first kappa shape index (κ1) is 34.3. The van der Waals surface area contributed by atoms with Gasteiger partial charge in [-0.15, -0.1) is 11.3 Å². The number of carbonyl (C=O) groups is 3. The summed E-state index contributed by atoms with van der Waals surface area (Å²) in [6, 6.07) is 18.1. The van der Waals surface area contributed by atoms with Crippen LogP contribution in [-0.4, -0.2) is 59.8 Å². The summed E-state index contributed by atoms with van der Waals surface area (Å²) in [7, 11) is 1.46. The van der Waals surface area contributed by atoms with Crippen molar-refractivity contribution in [3.05, 3.63) is 89.1 Å². The van der Waals surface area contributed by atoms with Gasteiger partial charge in [0.15, 0.2) is 5.13 Å². The third-order valence-electron chi connectivity index (χ3n) is 7.06. The van der Waals surface area contributed by atoms with Crippen molar-refractivity contribution in [2.45, 2.75) is 58.6 Å². The number of anilines is 1. The van der Waals surface area contributed by atoms with E-state index in [-0.39, 0.29) is 6.61 Å². The van der Waals surface area contributed by atoms with Crippen LogP contribution in [0, 0.1) is 6.92 Å². The van der Waals surface area contributed by atoms with Crippen molar-refractivity contribution < 1.29 is 23.9 Å². The number of amides is 3. The minimum Gasteiger partial charge on any atom is -0.444 e. The molecular weight excluding hydrogens is 602 g/mol. The standard InChI is InChI=1S/C35H41N5O5S/c1-22-16-24(14-15-36-22)23-10-8-11-25(17-23)29-20-46-32(39-29)40-31(42)28(19-44-7)38-30(41)26-12-9-13-27(18-26)35(5,6)21-37-33(43)45-34(2,3)4/h8-18,20,28H,19,21H2,1-7H3,(H,37,43)(H,38,41)(H,39,40,42)/t28-/m0/s1. The molecule has 0 fully saturated rings. The number of aromatic nitrogens is 2. The van der Waals surface area contributed by atoms with Gasteiger partial charge in [0.1, 0.15) is 11.6 Å². The lowest BCUT2D eigenvalue weighted by Crippen LogP contribution is -2.46. The van der Waals surface area contributed by atoms with Gasteiger partial charge in [-0.05, 0) is 74.7 Å². The highest BCUT2D eigenvalue weighted by Gasteiger charge is 2.26. The SMILES string of the molecule is COC[C@H](NC(=O)c1cccc(C(C)(C)CNC(=O)OC(C)(C)C)c1)C(=O)Nc1nc(-c2cccc(-c3ccnc(C)c3)c2)cs1. The molecule has 2 aromatic heterocycles. The van der Waals surface area contributed by atoms with Gasteiger partial charge in [-0.25, -0.2) is 9.78 Å². The maximum absolute atomic E-state index is 13.3. The molecular formula is C35H41N5O5S. The van der Waals surface area contributed by atoms with E-state index in [1.807, 2.05) is 68.6 Å². The largest absolute Gasteiger partial charge is 0.444 e. The van der Waals surface area contributed by atoms with E-state index < -0.39 is 35.0 Å². The van der Waals surface area contributed by atoms with Crippen molar-refractivity contribution in [3.8, 4) is 22.4 Å². The van der Waals surface area contributed by atoms with Gasteiger partial charge in [-0.1, -0.05) is 44.2 Å². The summed E-state index contributed by atoms with van der Waals surface area (Å²) in [4.78, 5) is 47.6. The van der Waals surface area contributed by atoms with Crippen LogP contribution in [0.1, 0.15) is 56.2 Å². The highest BCUT2D eigenvalue weighted by Crippen LogP contribution is 2.29. The number of hydrogen-bond donors (Lipinski definition) is 3. The van der Waals surface area contributed by atoms with Gasteiger partial charge in [-0.2, -0.15) is 0 Å². The Kier molecular flexibility index (Phi) is 10.9. The van der Waals surface area contributed by atoms with Crippen LogP contribution in [0.4, 0.5) is 9.93 Å². The van der Waals surface area contributed by atoms with Crippen LogP contribution in [0.25, 0.3) is 22.4 Å². The number of aryl methyl sites for hydroxylation is 1. The first-order valence-corrected chi connectivity index (χ1v) is 15.8. The van der Waals surface area contributed by atoms with Gasteiger partial charge in [0, 0.05) is 47.5 Å². The molecule has 3 N–H and O–H groups in total. The number of ether oxygens (including phenoxy) is 2. The summed E-state index contributed by atoms with van der Waals surface area (Å²) in [5.41, 5.74) is 4.76. The predicted molar refractivity (Wildman–Crippen MR) is 181 cm³/mol. The van der Waals surface area contributed by atoms with Crippen LogP contribution in [0.3, 0.4) is 0 Å². The number of methoxy groups -OCH3 is 1. The molecule has 0 bridgehead atoms. The molecule has 0 unspecified atom stereocenters. The number of thiazole rings is 1. The van der Waals surface area contributed by atoms with Crippen molar-refractivity contribution in [1.29, 1.82) is 0 Å². The Morgan fingerprint density at radius 3 is 2.37 bits per heavy atom. The van der Waals surface area contributed by atoms with Crippen LogP contribution in [0.15, 0.2) is 72.2 Å². The fourth-order valence-corrected chi connectivity index (χ4v) is 5.34. The normalized spacial score (nSPS) is 12.2. The van der Waals surface area contributed by atoms with Crippen LogP contribution >= 0.6 is 11.3 Å². The molecule has 1 atom stereocenters. The third kappa shape index (κ3) is 9.45. The van der Waals surface area contributed by atoms with E-state index in [4.69, 9.17) is 9.47 Å². The number of nitrogens with zero attached hydrogens (tertiary/aromatic N) is 2. The summed E-state index contributed by atoms with van der Waals surface area (Å²) in [6.07, 6.45) is 1.27. The molecule has 11 heteroatoms. The van der Waals surface area contributed by atoms with Gasteiger partial charge in [0.2, 0.25) is 0 Å². The molecule has 2 heterocycles. The average Bonchev–Trinajstić information content (AvgIpc) is 3.47. The van der Waals surface area contributed by atoms with Crippen LogP contribution < -0.4 is 16.0 Å². The molecule has 4 aromatic rings. The van der Waals surface area contributed by atoms with Crippen LogP contribution in [-0.2, 0) is 19.7 Å². The fraction of sp³-hybridized carbons (Fsp3) is 0.343. The minimum atomic E-state index is -0.964. The van der Waals surface area contributed by atoms with Crippen molar-refractivity contribution in [1.82, 2.24) is 20.6 Å². The number of rotatable bonds is 11. The minimum absolute atomic E-state index is 0.0335. The van der Waals surface area contributed by atoms with E-state index in [9.17, 15) is 14.4 Å². The molecule has 0 spiro atoms. The zero-order valence-electron chi connectivity index (χ0n) is 27.3. The van der Waals surface area contributed by atoms with Gasteiger partial charge in [0.25, 0.3) is 11.8 Å². The molecule has 46 heavy (non-hydrogen) atoms. The second kappa shape index (κ2) is 14.7. The number of nitrogens with one attached hydrogen (secondary N) is 3. The first-order chi connectivity index (χ1) is 21.7. The number of benzene rings is 2. The maximum atomic E-state index is 13.3. The number of hydrogen-bond acceptors (Lipinski definition) is 8.